The predicted octanol–water partition coefficient (Wildman–Crippen LogP) is 5.31. The van der Waals surface area contributed by atoms with Crippen LogP contribution in [-0.4, -0.2) is 20.3 Å². The van der Waals surface area contributed by atoms with Crippen molar-refractivity contribution in [2.45, 2.75) is 20.0 Å². The van der Waals surface area contributed by atoms with Crippen molar-refractivity contribution < 1.29 is 4.79 Å². The Morgan fingerprint density at radius 3 is 2.50 bits per heavy atom. The van der Waals surface area contributed by atoms with Crippen molar-refractivity contribution in [1.82, 2.24) is 14.3 Å². The standard InChI is InChI=1S/C25H22N4O/c1-2-28-22-11-7-6-10-20(22)21-16-19(12-13-23(21)28)27-25(30)24-14-15-26-29(24)17-18-8-4-3-5-9-18/h3-16H,2,17H2,1H3,(H,27,30). The van der Waals surface area contributed by atoms with Crippen LogP contribution in [0.2, 0.25) is 0 Å². The molecule has 0 radical (unpaired) electrons. The zero-order valence-corrected chi connectivity index (χ0v) is 16.7. The fraction of sp³-hybridized carbons (Fsp3) is 0.120. The van der Waals surface area contributed by atoms with Gasteiger partial charge in [0.25, 0.3) is 5.91 Å². The summed E-state index contributed by atoms with van der Waals surface area (Å²) in [5.41, 5.74) is 4.79. The van der Waals surface area contributed by atoms with Gasteiger partial charge in [-0.05, 0) is 42.8 Å². The van der Waals surface area contributed by atoms with Crippen molar-refractivity contribution in [3.05, 3.63) is 96.3 Å². The van der Waals surface area contributed by atoms with Crippen LogP contribution < -0.4 is 5.32 Å². The van der Waals surface area contributed by atoms with Gasteiger partial charge in [0, 0.05) is 40.2 Å². The van der Waals surface area contributed by atoms with Crippen LogP contribution in [0, 0.1) is 0 Å². The molecule has 3 aromatic carbocycles. The highest BCUT2D eigenvalue weighted by Crippen LogP contribution is 2.31. The van der Waals surface area contributed by atoms with E-state index in [1.165, 1.54) is 16.4 Å². The van der Waals surface area contributed by atoms with Crippen LogP contribution >= 0.6 is 0 Å². The van der Waals surface area contributed by atoms with Gasteiger partial charge in [-0.15, -0.1) is 0 Å². The van der Waals surface area contributed by atoms with Gasteiger partial charge in [0.05, 0.1) is 6.54 Å². The zero-order valence-electron chi connectivity index (χ0n) is 16.7. The van der Waals surface area contributed by atoms with Crippen molar-refractivity contribution in [1.29, 1.82) is 0 Å². The first-order valence-corrected chi connectivity index (χ1v) is 10.1. The van der Waals surface area contributed by atoms with Crippen molar-refractivity contribution in [3.8, 4) is 0 Å². The molecule has 0 saturated heterocycles. The zero-order chi connectivity index (χ0) is 20.5. The number of aryl methyl sites for hydroxylation is 1. The molecule has 0 spiro atoms. The number of fused-ring (bicyclic) bond motifs is 3. The predicted molar refractivity (Wildman–Crippen MR) is 121 cm³/mol. The molecule has 30 heavy (non-hydrogen) atoms. The monoisotopic (exact) mass is 394 g/mol. The molecule has 0 aliphatic heterocycles. The third-order valence-corrected chi connectivity index (χ3v) is 5.47. The molecule has 0 atom stereocenters. The maximum absolute atomic E-state index is 13.0. The second kappa shape index (κ2) is 7.52. The number of aromatic nitrogens is 3. The highest BCUT2D eigenvalue weighted by Gasteiger charge is 2.14. The van der Waals surface area contributed by atoms with Crippen LogP contribution in [0.4, 0.5) is 5.69 Å². The first-order valence-electron chi connectivity index (χ1n) is 10.1. The summed E-state index contributed by atoms with van der Waals surface area (Å²) >= 11 is 0. The van der Waals surface area contributed by atoms with Gasteiger partial charge in [-0.3, -0.25) is 9.48 Å². The van der Waals surface area contributed by atoms with Crippen molar-refractivity contribution in [2.24, 2.45) is 0 Å². The summed E-state index contributed by atoms with van der Waals surface area (Å²) < 4.78 is 4.03. The van der Waals surface area contributed by atoms with Crippen LogP contribution in [0.25, 0.3) is 21.8 Å². The Bertz CT molecular complexity index is 1350. The second-order valence-corrected chi connectivity index (χ2v) is 7.31. The number of hydrogen-bond donors (Lipinski definition) is 1. The van der Waals surface area contributed by atoms with Gasteiger partial charge in [-0.2, -0.15) is 5.10 Å². The lowest BCUT2D eigenvalue weighted by Gasteiger charge is -2.09. The van der Waals surface area contributed by atoms with Crippen molar-refractivity contribution >= 4 is 33.4 Å². The molecule has 2 heterocycles. The summed E-state index contributed by atoms with van der Waals surface area (Å²) in [6.45, 7) is 3.60. The SMILES string of the molecule is CCn1c2ccccc2c2cc(NC(=O)c3ccnn3Cc3ccccc3)ccc21. The quantitative estimate of drug-likeness (QED) is 0.439. The summed E-state index contributed by atoms with van der Waals surface area (Å²) in [7, 11) is 0. The van der Waals surface area contributed by atoms with Crippen LogP contribution in [-0.2, 0) is 13.1 Å². The summed E-state index contributed by atoms with van der Waals surface area (Å²) in [5.74, 6) is -0.165. The highest BCUT2D eigenvalue weighted by atomic mass is 16.2. The molecule has 148 valence electrons. The number of nitrogens with zero attached hydrogens (tertiary/aromatic N) is 3. The molecule has 0 fully saturated rings. The van der Waals surface area contributed by atoms with Gasteiger partial charge in [-0.25, -0.2) is 0 Å². The molecule has 0 aliphatic rings. The summed E-state index contributed by atoms with van der Waals surface area (Å²) in [6, 6.07) is 26.2. The molecule has 5 aromatic rings. The van der Waals surface area contributed by atoms with E-state index in [0.29, 0.717) is 12.2 Å². The lowest BCUT2D eigenvalue weighted by atomic mass is 10.1. The minimum atomic E-state index is -0.165. The third-order valence-electron chi connectivity index (χ3n) is 5.47. The minimum Gasteiger partial charge on any atom is -0.341 e. The first-order chi connectivity index (χ1) is 14.7. The molecule has 0 unspecified atom stereocenters. The fourth-order valence-electron chi connectivity index (χ4n) is 4.08. The number of amides is 1. The molecule has 0 saturated carbocycles. The lowest BCUT2D eigenvalue weighted by Crippen LogP contribution is -2.18. The average Bonchev–Trinajstić information content (AvgIpc) is 3.36. The molecule has 5 nitrogen and oxygen atoms in total. The molecule has 0 bridgehead atoms. The van der Waals surface area contributed by atoms with Crippen molar-refractivity contribution in [3.63, 3.8) is 0 Å². The Labute approximate surface area is 174 Å². The van der Waals surface area contributed by atoms with E-state index in [2.05, 4.69) is 58.3 Å². The van der Waals surface area contributed by atoms with Crippen LogP contribution in [0.15, 0.2) is 85.1 Å². The van der Waals surface area contributed by atoms with Crippen molar-refractivity contribution in [2.75, 3.05) is 5.32 Å². The Hall–Kier alpha value is -3.86. The topological polar surface area (TPSA) is 51.9 Å². The normalized spacial score (nSPS) is 11.2. The largest absolute Gasteiger partial charge is 0.341 e. The smallest absolute Gasteiger partial charge is 0.273 e. The molecule has 0 aliphatic carbocycles. The summed E-state index contributed by atoms with van der Waals surface area (Å²) in [6.07, 6.45) is 1.66. The third kappa shape index (κ3) is 3.14. The molecule has 5 heteroatoms. The number of carbonyl (C=O) groups is 1. The molecular weight excluding hydrogens is 372 g/mol. The Kier molecular flexibility index (Phi) is 4.56. The summed E-state index contributed by atoms with van der Waals surface area (Å²) in [5, 5.41) is 9.71. The molecule has 2 aromatic heterocycles. The van der Waals surface area contributed by atoms with Gasteiger partial charge < -0.3 is 9.88 Å². The molecule has 1 N–H and O–H groups in total. The number of rotatable bonds is 5. The first kappa shape index (κ1) is 18.2. The van der Waals surface area contributed by atoms with Gasteiger partial charge in [-0.1, -0.05) is 48.5 Å². The van der Waals surface area contributed by atoms with Crippen LogP contribution in [0.5, 0.6) is 0 Å². The van der Waals surface area contributed by atoms with Crippen LogP contribution in [0.1, 0.15) is 23.0 Å². The Morgan fingerprint density at radius 2 is 1.67 bits per heavy atom. The van der Waals surface area contributed by atoms with E-state index in [1.54, 1.807) is 16.9 Å². The second-order valence-electron chi connectivity index (χ2n) is 7.31. The van der Waals surface area contributed by atoms with Gasteiger partial charge >= 0.3 is 0 Å². The number of para-hydroxylation sites is 1. The van der Waals surface area contributed by atoms with E-state index >= 15 is 0 Å². The number of hydrogen-bond acceptors (Lipinski definition) is 2. The van der Waals surface area contributed by atoms with E-state index in [-0.39, 0.29) is 5.91 Å². The minimum absolute atomic E-state index is 0.165. The molecule has 5 rings (SSSR count). The number of anilines is 1. The van der Waals surface area contributed by atoms with E-state index in [9.17, 15) is 4.79 Å². The maximum Gasteiger partial charge on any atom is 0.273 e. The highest BCUT2D eigenvalue weighted by molar-refractivity contribution is 6.10. The van der Waals surface area contributed by atoms with E-state index in [1.807, 2.05) is 36.4 Å². The average molecular weight is 394 g/mol. The van der Waals surface area contributed by atoms with Gasteiger partial charge in [0.1, 0.15) is 5.69 Å². The number of nitrogens with one attached hydrogen (secondary N) is 1. The van der Waals surface area contributed by atoms with E-state index < -0.39 is 0 Å². The van der Waals surface area contributed by atoms with Gasteiger partial charge in [0.15, 0.2) is 0 Å². The molecular formula is C25H22N4O. The number of benzene rings is 3. The lowest BCUT2D eigenvalue weighted by molar-refractivity contribution is 0.101. The molecule has 1 amide bonds. The van der Waals surface area contributed by atoms with E-state index in [0.717, 1.165) is 23.2 Å². The number of carbonyl (C=O) groups excluding carboxylic acids is 1. The maximum atomic E-state index is 13.0. The van der Waals surface area contributed by atoms with Crippen LogP contribution in [0.3, 0.4) is 0 Å². The fourth-order valence-corrected chi connectivity index (χ4v) is 4.08. The summed E-state index contributed by atoms with van der Waals surface area (Å²) in [4.78, 5) is 13.0. The Morgan fingerprint density at radius 1 is 0.900 bits per heavy atom. The Balaban J connectivity index is 1.46. The van der Waals surface area contributed by atoms with E-state index in [4.69, 9.17) is 0 Å². The van der Waals surface area contributed by atoms with Gasteiger partial charge in [0.2, 0.25) is 0 Å².